The topological polar surface area (TPSA) is 106 Å². The van der Waals surface area contributed by atoms with Gasteiger partial charge >= 0.3 is 0 Å². The first-order valence-electron chi connectivity index (χ1n) is 8.20. The predicted octanol–water partition coefficient (Wildman–Crippen LogP) is 3.07. The number of rotatable bonds is 6. The summed E-state index contributed by atoms with van der Waals surface area (Å²) in [6.07, 6.45) is 5.37. The minimum absolute atomic E-state index is 0.177. The van der Waals surface area contributed by atoms with E-state index < -0.39 is 0 Å². The highest BCUT2D eigenvalue weighted by Gasteiger charge is 2.11. The largest absolute Gasteiger partial charge is 0.369 e. The van der Waals surface area contributed by atoms with Crippen LogP contribution < -0.4 is 16.4 Å². The van der Waals surface area contributed by atoms with Crippen molar-refractivity contribution in [1.29, 1.82) is 0 Å². The average molecular weight is 336 g/mol. The van der Waals surface area contributed by atoms with Crippen LogP contribution in [0.3, 0.4) is 0 Å². The van der Waals surface area contributed by atoms with E-state index in [1.54, 1.807) is 36.7 Å². The Labute approximate surface area is 145 Å². The summed E-state index contributed by atoms with van der Waals surface area (Å²) >= 11 is 0. The fourth-order valence-electron chi connectivity index (χ4n) is 2.45. The number of unbranched alkanes of at least 4 members (excludes halogenated alkanes) is 1. The number of hydrogen-bond acceptors (Lipinski definition) is 6. The van der Waals surface area contributed by atoms with E-state index in [4.69, 9.17) is 5.73 Å². The predicted molar refractivity (Wildman–Crippen MR) is 99.5 cm³/mol. The van der Waals surface area contributed by atoms with Gasteiger partial charge in [0.2, 0.25) is 5.95 Å². The smallest absolute Gasteiger partial charge is 0.255 e. The second-order valence-electron chi connectivity index (χ2n) is 5.64. The normalized spacial score (nSPS) is 10.6. The lowest BCUT2D eigenvalue weighted by Gasteiger charge is -2.10. The fourth-order valence-corrected chi connectivity index (χ4v) is 2.45. The van der Waals surface area contributed by atoms with E-state index in [2.05, 4.69) is 32.5 Å². The monoisotopic (exact) mass is 336 g/mol. The van der Waals surface area contributed by atoms with Crippen molar-refractivity contribution in [2.45, 2.75) is 19.8 Å². The number of nitrogen functional groups attached to an aromatic ring is 1. The van der Waals surface area contributed by atoms with Crippen LogP contribution in [0.1, 0.15) is 30.1 Å². The highest BCUT2D eigenvalue weighted by molar-refractivity contribution is 6.06. The van der Waals surface area contributed by atoms with Gasteiger partial charge in [-0.05, 0) is 36.8 Å². The zero-order chi connectivity index (χ0) is 17.6. The Balaban J connectivity index is 1.87. The molecule has 3 aromatic rings. The molecule has 4 N–H and O–H groups in total. The summed E-state index contributed by atoms with van der Waals surface area (Å²) in [7, 11) is 0. The van der Waals surface area contributed by atoms with Gasteiger partial charge in [0, 0.05) is 23.7 Å². The van der Waals surface area contributed by atoms with Crippen molar-refractivity contribution >= 4 is 34.3 Å². The maximum atomic E-state index is 12.4. The van der Waals surface area contributed by atoms with E-state index in [0.29, 0.717) is 22.6 Å². The second-order valence-corrected chi connectivity index (χ2v) is 5.64. The quantitative estimate of drug-likeness (QED) is 0.597. The van der Waals surface area contributed by atoms with Gasteiger partial charge in [0.15, 0.2) is 0 Å². The van der Waals surface area contributed by atoms with Gasteiger partial charge in [-0.2, -0.15) is 4.98 Å². The van der Waals surface area contributed by atoms with E-state index in [-0.39, 0.29) is 11.9 Å². The van der Waals surface area contributed by atoms with Gasteiger partial charge in [-0.1, -0.05) is 13.3 Å². The fraction of sp³-hybridized carbons (Fsp3) is 0.222. The Hall–Kier alpha value is -3.22. The first-order valence-corrected chi connectivity index (χ1v) is 8.20. The third-order valence-electron chi connectivity index (χ3n) is 3.72. The Morgan fingerprint density at radius 2 is 2.12 bits per heavy atom. The summed E-state index contributed by atoms with van der Waals surface area (Å²) in [6, 6.07) is 8.84. The van der Waals surface area contributed by atoms with Crippen molar-refractivity contribution in [2.24, 2.45) is 0 Å². The molecule has 128 valence electrons. The minimum atomic E-state index is -0.229. The SMILES string of the molecule is CCCCNc1nc(N)nc2cc(C(=O)Nc3cccnc3)ccc12. The molecule has 0 radical (unpaired) electrons. The summed E-state index contributed by atoms with van der Waals surface area (Å²) in [5.41, 5.74) is 7.57. The number of aromatic nitrogens is 3. The highest BCUT2D eigenvalue weighted by Crippen LogP contribution is 2.23. The lowest BCUT2D eigenvalue weighted by molar-refractivity contribution is 0.102. The number of benzene rings is 1. The second kappa shape index (κ2) is 7.57. The molecule has 0 saturated carbocycles. The third-order valence-corrected chi connectivity index (χ3v) is 3.72. The molecule has 7 heteroatoms. The summed E-state index contributed by atoms with van der Waals surface area (Å²) in [6.45, 7) is 2.94. The molecule has 0 saturated heterocycles. The number of amides is 1. The number of hydrogen-bond donors (Lipinski definition) is 3. The molecule has 3 rings (SSSR count). The Morgan fingerprint density at radius 3 is 2.88 bits per heavy atom. The third kappa shape index (κ3) is 4.00. The first-order chi connectivity index (χ1) is 12.2. The molecule has 1 amide bonds. The molecule has 0 aliphatic rings. The summed E-state index contributed by atoms with van der Waals surface area (Å²) < 4.78 is 0. The van der Waals surface area contributed by atoms with Crippen molar-refractivity contribution in [3.63, 3.8) is 0 Å². The molecular formula is C18H20N6O. The maximum Gasteiger partial charge on any atom is 0.255 e. The lowest BCUT2D eigenvalue weighted by Crippen LogP contribution is -2.12. The molecule has 1 aromatic carbocycles. The number of anilines is 3. The average Bonchev–Trinajstić information content (AvgIpc) is 2.62. The van der Waals surface area contributed by atoms with Crippen molar-refractivity contribution in [2.75, 3.05) is 22.9 Å². The van der Waals surface area contributed by atoms with Crippen molar-refractivity contribution in [3.05, 3.63) is 48.3 Å². The van der Waals surface area contributed by atoms with Crippen LogP contribution in [0.2, 0.25) is 0 Å². The molecule has 0 atom stereocenters. The van der Waals surface area contributed by atoms with Gasteiger partial charge in [0.05, 0.1) is 17.4 Å². The zero-order valence-corrected chi connectivity index (χ0v) is 14.0. The molecule has 7 nitrogen and oxygen atoms in total. The van der Waals surface area contributed by atoms with Crippen LogP contribution in [0, 0.1) is 0 Å². The molecule has 25 heavy (non-hydrogen) atoms. The van der Waals surface area contributed by atoms with Crippen molar-refractivity contribution in [3.8, 4) is 0 Å². The molecule has 0 fully saturated rings. The zero-order valence-electron chi connectivity index (χ0n) is 14.0. The van der Waals surface area contributed by atoms with Gasteiger partial charge in [-0.15, -0.1) is 0 Å². The molecule has 0 aliphatic heterocycles. The number of pyridine rings is 1. The van der Waals surface area contributed by atoms with Crippen LogP contribution in [0.25, 0.3) is 10.9 Å². The highest BCUT2D eigenvalue weighted by atomic mass is 16.1. The van der Waals surface area contributed by atoms with E-state index in [0.717, 1.165) is 24.8 Å². The number of carbonyl (C=O) groups is 1. The molecule has 0 unspecified atom stereocenters. The van der Waals surface area contributed by atoms with Gasteiger partial charge in [-0.25, -0.2) is 4.98 Å². The standard InChI is InChI=1S/C18H20N6O/c1-2-3-9-21-16-14-7-6-12(10-15(14)23-18(19)24-16)17(25)22-13-5-4-8-20-11-13/h4-8,10-11H,2-3,9H2,1H3,(H,22,25)(H3,19,21,23,24). The number of nitrogens with two attached hydrogens (primary N) is 1. The summed E-state index contributed by atoms with van der Waals surface area (Å²) in [5, 5.41) is 6.92. The van der Waals surface area contributed by atoms with Crippen LogP contribution in [-0.2, 0) is 0 Å². The van der Waals surface area contributed by atoms with E-state index in [9.17, 15) is 4.79 Å². The molecular weight excluding hydrogens is 316 g/mol. The van der Waals surface area contributed by atoms with Gasteiger partial charge < -0.3 is 16.4 Å². The van der Waals surface area contributed by atoms with E-state index in [1.807, 2.05) is 6.07 Å². The number of nitrogens with zero attached hydrogens (tertiary/aromatic N) is 3. The lowest BCUT2D eigenvalue weighted by atomic mass is 10.1. The first kappa shape index (κ1) is 16.6. The van der Waals surface area contributed by atoms with Crippen LogP contribution in [-0.4, -0.2) is 27.4 Å². The Kier molecular flexibility index (Phi) is 5.03. The van der Waals surface area contributed by atoms with Crippen molar-refractivity contribution in [1.82, 2.24) is 15.0 Å². The van der Waals surface area contributed by atoms with Gasteiger partial charge in [0.1, 0.15) is 5.82 Å². The van der Waals surface area contributed by atoms with E-state index in [1.165, 1.54) is 0 Å². The Bertz CT molecular complexity index is 881. The molecule has 0 bridgehead atoms. The molecule has 0 aliphatic carbocycles. The molecule has 2 heterocycles. The maximum absolute atomic E-state index is 12.4. The minimum Gasteiger partial charge on any atom is -0.369 e. The van der Waals surface area contributed by atoms with Crippen LogP contribution in [0.15, 0.2) is 42.7 Å². The van der Waals surface area contributed by atoms with Crippen LogP contribution >= 0.6 is 0 Å². The van der Waals surface area contributed by atoms with Crippen LogP contribution in [0.5, 0.6) is 0 Å². The van der Waals surface area contributed by atoms with Gasteiger partial charge in [0.25, 0.3) is 5.91 Å². The van der Waals surface area contributed by atoms with Crippen LogP contribution in [0.4, 0.5) is 17.5 Å². The Morgan fingerprint density at radius 1 is 1.24 bits per heavy atom. The van der Waals surface area contributed by atoms with Crippen molar-refractivity contribution < 1.29 is 4.79 Å². The summed E-state index contributed by atoms with van der Waals surface area (Å²) in [4.78, 5) is 24.9. The number of carbonyl (C=O) groups excluding carboxylic acids is 1. The molecule has 2 aromatic heterocycles. The number of fused-ring (bicyclic) bond motifs is 1. The number of nitrogens with one attached hydrogen (secondary N) is 2. The molecule has 0 spiro atoms. The van der Waals surface area contributed by atoms with E-state index >= 15 is 0 Å². The summed E-state index contributed by atoms with van der Waals surface area (Å²) in [5.74, 6) is 0.638. The van der Waals surface area contributed by atoms with Gasteiger partial charge in [-0.3, -0.25) is 9.78 Å².